The van der Waals surface area contributed by atoms with Crippen LogP contribution < -0.4 is 10.1 Å². The molecule has 1 aromatic heterocycles. The first-order valence-corrected chi connectivity index (χ1v) is 8.05. The molecule has 3 rings (SSSR count). The maximum Gasteiger partial charge on any atom is 0.387 e. The lowest BCUT2D eigenvalue weighted by Crippen LogP contribution is -2.23. The number of nitrogens with one attached hydrogen (secondary N) is 2. The smallest absolute Gasteiger partial charge is 0.387 e. The molecule has 26 heavy (non-hydrogen) atoms. The molecular weight excluding hydrogens is 340 g/mol. The first kappa shape index (κ1) is 17.6. The molecule has 134 valence electrons. The molecule has 7 heteroatoms. The van der Waals surface area contributed by atoms with E-state index in [1.165, 1.54) is 18.2 Å². The Labute approximate surface area is 148 Å². The van der Waals surface area contributed by atoms with Gasteiger partial charge in [-0.3, -0.25) is 4.79 Å². The number of nitrogens with zero attached hydrogens (tertiary/aromatic N) is 1. The lowest BCUT2D eigenvalue weighted by atomic mass is 10.2. The molecule has 0 unspecified atom stereocenters. The molecule has 2 aromatic carbocycles. The number of aromatic nitrogens is 2. The van der Waals surface area contributed by atoms with Crippen LogP contribution in [0, 0.1) is 0 Å². The van der Waals surface area contributed by atoms with Crippen LogP contribution in [0.3, 0.4) is 0 Å². The number of aromatic amines is 1. The number of halogens is 2. The Kier molecular flexibility index (Phi) is 5.58. The molecule has 0 radical (unpaired) electrons. The molecule has 1 heterocycles. The summed E-state index contributed by atoms with van der Waals surface area (Å²) < 4.78 is 29.2. The quantitative estimate of drug-likeness (QED) is 0.636. The second kappa shape index (κ2) is 8.24. The Morgan fingerprint density at radius 3 is 2.77 bits per heavy atom. The standard InChI is InChI=1S/C19H17F2N3O2/c20-19(21)26-16-8-4-1-5-13(16)9-10-18(25)22-12-11-17-23-14-6-2-3-7-15(14)24-17/h1-10,19H,11-12H2,(H,22,25)(H,23,24)/b10-9+. The van der Waals surface area contributed by atoms with Gasteiger partial charge in [0.05, 0.1) is 11.0 Å². The number of carbonyl (C=O) groups excluding carboxylic acids is 1. The maximum absolute atomic E-state index is 12.4. The minimum Gasteiger partial charge on any atom is -0.434 e. The summed E-state index contributed by atoms with van der Waals surface area (Å²) in [4.78, 5) is 19.5. The minimum atomic E-state index is -2.91. The van der Waals surface area contributed by atoms with Crippen molar-refractivity contribution in [3.05, 3.63) is 66.0 Å². The van der Waals surface area contributed by atoms with Gasteiger partial charge in [0.15, 0.2) is 0 Å². The van der Waals surface area contributed by atoms with Crippen LogP contribution in [-0.4, -0.2) is 29.0 Å². The van der Waals surface area contributed by atoms with Crippen LogP contribution in [0.2, 0.25) is 0 Å². The molecule has 0 aliphatic carbocycles. The monoisotopic (exact) mass is 357 g/mol. The van der Waals surface area contributed by atoms with Crippen molar-refractivity contribution in [2.45, 2.75) is 13.0 Å². The predicted octanol–water partition coefficient (Wildman–Crippen LogP) is 3.54. The van der Waals surface area contributed by atoms with Crippen molar-refractivity contribution in [2.75, 3.05) is 6.54 Å². The van der Waals surface area contributed by atoms with Crippen molar-refractivity contribution in [3.8, 4) is 5.75 Å². The zero-order valence-corrected chi connectivity index (χ0v) is 13.8. The van der Waals surface area contributed by atoms with Gasteiger partial charge in [0, 0.05) is 24.6 Å². The van der Waals surface area contributed by atoms with Gasteiger partial charge >= 0.3 is 6.61 Å². The third-order valence-electron chi connectivity index (χ3n) is 3.65. The van der Waals surface area contributed by atoms with E-state index in [-0.39, 0.29) is 11.7 Å². The zero-order valence-electron chi connectivity index (χ0n) is 13.8. The van der Waals surface area contributed by atoms with E-state index in [4.69, 9.17) is 0 Å². The number of imidazole rings is 1. The highest BCUT2D eigenvalue weighted by atomic mass is 19.3. The van der Waals surface area contributed by atoms with Gasteiger partial charge < -0.3 is 15.0 Å². The van der Waals surface area contributed by atoms with Gasteiger partial charge in [-0.15, -0.1) is 0 Å². The van der Waals surface area contributed by atoms with Crippen LogP contribution in [-0.2, 0) is 11.2 Å². The molecule has 2 N–H and O–H groups in total. The average molecular weight is 357 g/mol. The molecule has 1 amide bonds. The molecule has 0 aliphatic heterocycles. The molecule has 0 spiro atoms. The largest absolute Gasteiger partial charge is 0.434 e. The van der Waals surface area contributed by atoms with Crippen molar-refractivity contribution in [1.29, 1.82) is 0 Å². The van der Waals surface area contributed by atoms with Gasteiger partial charge in [-0.2, -0.15) is 8.78 Å². The topological polar surface area (TPSA) is 67.0 Å². The van der Waals surface area contributed by atoms with Crippen LogP contribution in [0.1, 0.15) is 11.4 Å². The van der Waals surface area contributed by atoms with Crippen molar-refractivity contribution in [1.82, 2.24) is 15.3 Å². The molecule has 0 saturated carbocycles. The molecule has 3 aromatic rings. The molecule has 0 fully saturated rings. The summed E-state index contributed by atoms with van der Waals surface area (Å²) >= 11 is 0. The number of hydrogen-bond acceptors (Lipinski definition) is 3. The van der Waals surface area contributed by atoms with Gasteiger partial charge in [-0.25, -0.2) is 4.98 Å². The van der Waals surface area contributed by atoms with Gasteiger partial charge in [-0.05, 0) is 24.3 Å². The summed E-state index contributed by atoms with van der Waals surface area (Å²) in [5.74, 6) is 0.480. The summed E-state index contributed by atoms with van der Waals surface area (Å²) in [5.41, 5.74) is 2.23. The van der Waals surface area contributed by atoms with E-state index in [1.807, 2.05) is 24.3 Å². The summed E-state index contributed by atoms with van der Waals surface area (Å²) in [7, 11) is 0. The van der Waals surface area contributed by atoms with E-state index in [2.05, 4.69) is 20.0 Å². The number of hydrogen-bond donors (Lipinski definition) is 2. The number of ether oxygens (including phenoxy) is 1. The van der Waals surface area contributed by atoms with E-state index in [1.54, 1.807) is 18.2 Å². The van der Waals surface area contributed by atoms with E-state index in [9.17, 15) is 13.6 Å². The Morgan fingerprint density at radius 2 is 1.96 bits per heavy atom. The van der Waals surface area contributed by atoms with Gasteiger partial charge in [0.25, 0.3) is 0 Å². The summed E-state index contributed by atoms with van der Waals surface area (Å²) in [6.45, 7) is -2.51. The second-order valence-corrected chi connectivity index (χ2v) is 5.49. The van der Waals surface area contributed by atoms with E-state index < -0.39 is 6.61 Å². The molecule has 5 nitrogen and oxygen atoms in total. The molecule has 0 atom stereocenters. The number of rotatable bonds is 7. The highest BCUT2D eigenvalue weighted by molar-refractivity contribution is 5.92. The van der Waals surface area contributed by atoms with E-state index in [0.717, 1.165) is 16.9 Å². The number of benzene rings is 2. The Morgan fingerprint density at radius 1 is 1.19 bits per heavy atom. The highest BCUT2D eigenvalue weighted by Gasteiger charge is 2.07. The number of para-hydroxylation sites is 3. The van der Waals surface area contributed by atoms with Crippen LogP contribution >= 0.6 is 0 Å². The van der Waals surface area contributed by atoms with Crippen LogP contribution in [0.5, 0.6) is 5.75 Å². The Balaban J connectivity index is 1.53. The normalized spacial score (nSPS) is 11.3. The molecular formula is C19H17F2N3O2. The molecule has 0 bridgehead atoms. The fraction of sp³-hybridized carbons (Fsp3) is 0.158. The summed E-state index contributed by atoms with van der Waals surface area (Å²) in [6.07, 6.45) is 3.28. The lowest BCUT2D eigenvalue weighted by Gasteiger charge is -2.07. The number of alkyl halides is 2. The van der Waals surface area contributed by atoms with Gasteiger partial charge in [-0.1, -0.05) is 30.3 Å². The van der Waals surface area contributed by atoms with Crippen molar-refractivity contribution >= 4 is 23.0 Å². The van der Waals surface area contributed by atoms with Gasteiger partial charge in [0.2, 0.25) is 5.91 Å². The predicted molar refractivity (Wildman–Crippen MR) is 94.9 cm³/mol. The van der Waals surface area contributed by atoms with Crippen LogP contribution in [0.25, 0.3) is 17.1 Å². The second-order valence-electron chi connectivity index (χ2n) is 5.49. The number of fused-ring (bicyclic) bond motifs is 1. The Bertz CT molecular complexity index is 889. The molecule has 0 aliphatic rings. The lowest BCUT2D eigenvalue weighted by molar-refractivity contribution is -0.116. The first-order chi connectivity index (χ1) is 12.6. The van der Waals surface area contributed by atoms with Crippen molar-refractivity contribution in [3.63, 3.8) is 0 Å². The molecule has 0 saturated heterocycles. The zero-order chi connectivity index (χ0) is 18.4. The SMILES string of the molecule is O=C(/C=C/c1ccccc1OC(F)F)NCCc1nc2ccccc2[nH]1. The Hall–Kier alpha value is -3.22. The maximum atomic E-state index is 12.4. The first-order valence-electron chi connectivity index (χ1n) is 8.05. The highest BCUT2D eigenvalue weighted by Crippen LogP contribution is 2.21. The summed E-state index contributed by atoms with van der Waals surface area (Å²) in [6, 6.07) is 14.0. The number of H-pyrrole nitrogens is 1. The average Bonchev–Trinajstić information content (AvgIpc) is 3.03. The van der Waals surface area contributed by atoms with E-state index in [0.29, 0.717) is 18.5 Å². The van der Waals surface area contributed by atoms with Gasteiger partial charge in [0.1, 0.15) is 11.6 Å². The van der Waals surface area contributed by atoms with Crippen molar-refractivity contribution in [2.24, 2.45) is 0 Å². The number of carbonyl (C=O) groups is 1. The number of amides is 1. The van der Waals surface area contributed by atoms with Crippen LogP contribution in [0.4, 0.5) is 8.78 Å². The van der Waals surface area contributed by atoms with Crippen molar-refractivity contribution < 1.29 is 18.3 Å². The fourth-order valence-electron chi connectivity index (χ4n) is 2.47. The minimum absolute atomic E-state index is 0.0221. The van der Waals surface area contributed by atoms with Crippen LogP contribution in [0.15, 0.2) is 54.6 Å². The third-order valence-corrected chi connectivity index (χ3v) is 3.65. The fourth-order valence-corrected chi connectivity index (χ4v) is 2.47. The summed E-state index contributed by atoms with van der Waals surface area (Å²) in [5, 5.41) is 2.73. The van der Waals surface area contributed by atoms with E-state index >= 15 is 0 Å². The third kappa shape index (κ3) is 4.66.